The molecule has 0 radical (unpaired) electrons. The molecule has 0 fully saturated rings. The van der Waals surface area contributed by atoms with E-state index in [0.29, 0.717) is 30.7 Å². The third-order valence-corrected chi connectivity index (χ3v) is 5.61. The molecule has 3 heterocycles. The standard InChI is InChI=1S/C25H29N3O3/c1-5-17-8-6-9-18(14-17)15-28-22-20(10-7-12-26-22)19-11-13-27(16-21(19)23(28)29)24(30)31-25(2,3)4/h6-10,12,14H,5,11,13,15-16H2,1-4H3. The van der Waals surface area contributed by atoms with Gasteiger partial charge in [0, 0.05) is 23.7 Å². The van der Waals surface area contributed by atoms with Crippen LogP contribution in [-0.4, -0.2) is 32.7 Å². The van der Waals surface area contributed by atoms with Gasteiger partial charge in [0.1, 0.15) is 11.2 Å². The van der Waals surface area contributed by atoms with E-state index >= 15 is 0 Å². The molecular weight excluding hydrogens is 390 g/mol. The molecule has 0 atom stereocenters. The fourth-order valence-corrected chi connectivity index (χ4v) is 4.12. The van der Waals surface area contributed by atoms with Gasteiger partial charge in [-0.15, -0.1) is 0 Å². The van der Waals surface area contributed by atoms with Gasteiger partial charge < -0.3 is 9.64 Å². The molecule has 4 rings (SSSR count). The number of nitrogens with zero attached hydrogens (tertiary/aromatic N) is 3. The van der Waals surface area contributed by atoms with E-state index < -0.39 is 5.60 Å². The number of rotatable bonds is 3. The Bertz CT molecular complexity index is 1190. The van der Waals surface area contributed by atoms with E-state index in [2.05, 4.69) is 24.0 Å². The van der Waals surface area contributed by atoms with Crippen molar-refractivity contribution >= 4 is 17.1 Å². The summed E-state index contributed by atoms with van der Waals surface area (Å²) in [5.74, 6) is 0. The maximum atomic E-state index is 13.6. The minimum atomic E-state index is -0.574. The highest BCUT2D eigenvalue weighted by molar-refractivity contribution is 5.81. The highest BCUT2D eigenvalue weighted by Crippen LogP contribution is 2.25. The summed E-state index contributed by atoms with van der Waals surface area (Å²) in [6.07, 6.45) is 2.89. The second kappa shape index (κ2) is 8.17. The molecular formula is C25H29N3O3. The number of ether oxygens (including phenoxy) is 1. The van der Waals surface area contributed by atoms with Gasteiger partial charge in [-0.3, -0.25) is 9.36 Å². The Morgan fingerprint density at radius 2 is 1.90 bits per heavy atom. The number of pyridine rings is 2. The summed E-state index contributed by atoms with van der Waals surface area (Å²) in [7, 11) is 0. The molecule has 1 aliphatic heterocycles. The van der Waals surface area contributed by atoms with Crippen molar-refractivity contribution in [1.29, 1.82) is 0 Å². The first-order valence-electron chi connectivity index (χ1n) is 10.8. The number of carbonyl (C=O) groups excluding carboxylic acids is 1. The SMILES string of the molecule is CCc1cccc(Cn2c(=O)c3c(c4cccnc42)CCN(C(=O)OC(C)(C)C)C3)c1. The molecule has 0 bridgehead atoms. The fourth-order valence-electron chi connectivity index (χ4n) is 4.12. The molecule has 31 heavy (non-hydrogen) atoms. The van der Waals surface area contributed by atoms with Gasteiger partial charge in [-0.1, -0.05) is 31.2 Å². The average Bonchev–Trinajstić information content (AvgIpc) is 2.75. The average molecular weight is 420 g/mol. The Hall–Kier alpha value is -3.15. The Balaban J connectivity index is 1.77. The van der Waals surface area contributed by atoms with Gasteiger partial charge in [0.05, 0.1) is 13.1 Å². The monoisotopic (exact) mass is 419 g/mol. The Morgan fingerprint density at radius 1 is 1.13 bits per heavy atom. The molecule has 0 saturated heterocycles. The van der Waals surface area contributed by atoms with Crippen molar-refractivity contribution < 1.29 is 9.53 Å². The van der Waals surface area contributed by atoms with Crippen molar-refractivity contribution in [1.82, 2.24) is 14.5 Å². The normalized spacial score (nSPS) is 13.9. The largest absolute Gasteiger partial charge is 0.444 e. The van der Waals surface area contributed by atoms with Crippen molar-refractivity contribution in [3.05, 3.63) is 75.2 Å². The molecule has 162 valence electrons. The fraction of sp³-hybridized carbons (Fsp3) is 0.400. The van der Waals surface area contributed by atoms with E-state index in [1.54, 1.807) is 15.7 Å². The quantitative estimate of drug-likeness (QED) is 0.635. The van der Waals surface area contributed by atoms with Crippen LogP contribution < -0.4 is 5.56 Å². The summed E-state index contributed by atoms with van der Waals surface area (Å²) < 4.78 is 7.27. The molecule has 2 aromatic heterocycles. The van der Waals surface area contributed by atoms with Crippen LogP contribution in [0.15, 0.2) is 47.4 Å². The lowest BCUT2D eigenvalue weighted by molar-refractivity contribution is 0.0223. The lowest BCUT2D eigenvalue weighted by Crippen LogP contribution is -2.43. The summed E-state index contributed by atoms with van der Waals surface area (Å²) in [6.45, 7) is 8.88. The molecule has 0 saturated carbocycles. The summed E-state index contributed by atoms with van der Waals surface area (Å²) >= 11 is 0. The topological polar surface area (TPSA) is 64.4 Å². The first-order chi connectivity index (χ1) is 14.8. The molecule has 3 aromatic rings. The molecule has 0 spiro atoms. The van der Waals surface area contributed by atoms with E-state index in [9.17, 15) is 9.59 Å². The maximum absolute atomic E-state index is 13.6. The first kappa shape index (κ1) is 21.1. The summed E-state index contributed by atoms with van der Waals surface area (Å²) in [4.78, 5) is 32.4. The third-order valence-electron chi connectivity index (χ3n) is 5.61. The molecule has 0 N–H and O–H groups in total. The number of hydrogen-bond acceptors (Lipinski definition) is 4. The molecule has 1 amide bonds. The minimum Gasteiger partial charge on any atom is -0.444 e. The van der Waals surface area contributed by atoms with E-state index in [1.165, 1.54) is 5.56 Å². The van der Waals surface area contributed by atoms with E-state index in [4.69, 9.17) is 4.74 Å². The van der Waals surface area contributed by atoms with E-state index in [0.717, 1.165) is 22.9 Å². The molecule has 6 nitrogen and oxygen atoms in total. The molecule has 0 unspecified atom stereocenters. The Kier molecular flexibility index (Phi) is 5.56. The minimum absolute atomic E-state index is 0.0867. The highest BCUT2D eigenvalue weighted by atomic mass is 16.6. The number of fused-ring (bicyclic) bond motifs is 3. The molecule has 1 aromatic carbocycles. The van der Waals surface area contributed by atoms with Crippen molar-refractivity contribution in [3.8, 4) is 0 Å². The Labute approximate surface area is 182 Å². The van der Waals surface area contributed by atoms with Crippen molar-refractivity contribution in [3.63, 3.8) is 0 Å². The molecule has 6 heteroatoms. The molecule has 1 aliphatic rings. The summed E-state index contributed by atoms with van der Waals surface area (Å²) in [5.41, 5.74) is 3.98. The van der Waals surface area contributed by atoms with Crippen LogP contribution in [-0.2, 0) is 30.7 Å². The third kappa shape index (κ3) is 4.33. The van der Waals surface area contributed by atoms with Crippen LogP contribution in [0.25, 0.3) is 11.0 Å². The number of carbonyl (C=O) groups is 1. The summed E-state index contributed by atoms with van der Waals surface area (Å²) in [6, 6.07) is 12.2. The molecule has 0 aliphatic carbocycles. The zero-order valence-corrected chi connectivity index (χ0v) is 18.6. The van der Waals surface area contributed by atoms with Gasteiger partial charge >= 0.3 is 6.09 Å². The maximum Gasteiger partial charge on any atom is 0.410 e. The van der Waals surface area contributed by atoms with Crippen molar-refractivity contribution in [2.24, 2.45) is 0 Å². The zero-order valence-electron chi connectivity index (χ0n) is 18.6. The van der Waals surface area contributed by atoms with Gasteiger partial charge in [0.2, 0.25) is 0 Å². The van der Waals surface area contributed by atoms with E-state index in [1.807, 2.05) is 45.0 Å². The summed E-state index contributed by atoms with van der Waals surface area (Å²) in [5, 5.41) is 0.979. The van der Waals surface area contributed by atoms with Crippen LogP contribution in [0.1, 0.15) is 49.9 Å². The number of amides is 1. The lowest BCUT2D eigenvalue weighted by Gasteiger charge is -2.31. The van der Waals surface area contributed by atoms with Crippen LogP contribution in [0.2, 0.25) is 0 Å². The van der Waals surface area contributed by atoms with Crippen LogP contribution in [0.4, 0.5) is 4.79 Å². The van der Waals surface area contributed by atoms with Gasteiger partial charge in [0.25, 0.3) is 5.56 Å². The lowest BCUT2D eigenvalue weighted by atomic mass is 9.97. The Morgan fingerprint density at radius 3 is 2.65 bits per heavy atom. The van der Waals surface area contributed by atoms with Crippen LogP contribution >= 0.6 is 0 Å². The number of aromatic nitrogens is 2. The first-order valence-corrected chi connectivity index (χ1v) is 10.8. The second-order valence-corrected chi connectivity index (χ2v) is 9.05. The number of aryl methyl sites for hydroxylation is 1. The van der Waals surface area contributed by atoms with Gasteiger partial charge in [-0.05, 0) is 62.4 Å². The zero-order chi connectivity index (χ0) is 22.2. The highest BCUT2D eigenvalue weighted by Gasteiger charge is 2.29. The predicted molar refractivity (Wildman–Crippen MR) is 121 cm³/mol. The van der Waals surface area contributed by atoms with E-state index in [-0.39, 0.29) is 18.2 Å². The predicted octanol–water partition coefficient (Wildman–Crippen LogP) is 4.30. The smallest absolute Gasteiger partial charge is 0.410 e. The van der Waals surface area contributed by atoms with Crippen LogP contribution in [0.5, 0.6) is 0 Å². The van der Waals surface area contributed by atoms with Gasteiger partial charge in [0.15, 0.2) is 0 Å². The van der Waals surface area contributed by atoms with Gasteiger partial charge in [-0.2, -0.15) is 0 Å². The van der Waals surface area contributed by atoms with Crippen molar-refractivity contribution in [2.75, 3.05) is 6.54 Å². The number of hydrogen-bond donors (Lipinski definition) is 0. The van der Waals surface area contributed by atoms with Crippen molar-refractivity contribution in [2.45, 2.75) is 59.2 Å². The second-order valence-electron chi connectivity index (χ2n) is 9.05. The van der Waals surface area contributed by atoms with Crippen LogP contribution in [0, 0.1) is 0 Å². The number of benzene rings is 1. The van der Waals surface area contributed by atoms with Gasteiger partial charge in [-0.25, -0.2) is 9.78 Å². The van der Waals surface area contributed by atoms with Crippen LogP contribution in [0.3, 0.4) is 0 Å².